The van der Waals surface area contributed by atoms with Gasteiger partial charge in [-0.25, -0.2) is 14.8 Å². The molecule has 4 rings (SSSR count). The predicted octanol–water partition coefficient (Wildman–Crippen LogP) is 4.52. The number of esters is 1. The van der Waals surface area contributed by atoms with Gasteiger partial charge in [-0.05, 0) is 42.0 Å². The van der Waals surface area contributed by atoms with Crippen LogP contribution in [-0.2, 0) is 9.53 Å². The van der Waals surface area contributed by atoms with Gasteiger partial charge in [0.2, 0.25) is 0 Å². The Morgan fingerprint density at radius 1 is 1.13 bits per heavy atom. The van der Waals surface area contributed by atoms with Gasteiger partial charge in [-0.1, -0.05) is 35.3 Å². The largest absolute Gasteiger partial charge is 0.467 e. The third-order valence-corrected chi connectivity index (χ3v) is 4.98. The summed E-state index contributed by atoms with van der Waals surface area (Å²) in [5.74, 6) is -0.567. The van der Waals surface area contributed by atoms with Crippen LogP contribution in [0.2, 0.25) is 10.2 Å². The molecule has 3 aromatic rings. The summed E-state index contributed by atoms with van der Waals surface area (Å²) in [5.41, 5.74) is 1.74. The maximum Gasteiger partial charge on any atom is 0.340 e. The molecule has 0 unspecified atom stereocenters. The Balaban J connectivity index is 1.50. The molecule has 0 fully saturated rings. The average Bonchev–Trinajstić information content (AvgIpc) is 3.43. The highest BCUT2D eigenvalue weighted by atomic mass is 35.5. The van der Waals surface area contributed by atoms with E-state index in [1.165, 1.54) is 29.6 Å². The van der Waals surface area contributed by atoms with Gasteiger partial charge in [0.1, 0.15) is 17.0 Å². The van der Waals surface area contributed by atoms with Gasteiger partial charge in [-0.15, -0.1) is 0 Å². The first kappa shape index (κ1) is 20.1. The Bertz CT molecular complexity index is 1080. The maximum atomic E-state index is 12.8. The number of carbonyl (C=O) groups excluding carboxylic acids is 2. The highest BCUT2D eigenvalue weighted by molar-refractivity contribution is 6.30. The van der Waals surface area contributed by atoms with E-state index in [0.29, 0.717) is 22.9 Å². The number of hydrogen-bond acceptors (Lipinski definition) is 6. The van der Waals surface area contributed by atoms with E-state index in [1.54, 1.807) is 24.3 Å². The van der Waals surface area contributed by atoms with Crippen LogP contribution in [0.25, 0.3) is 0 Å². The van der Waals surface area contributed by atoms with E-state index in [-0.39, 0.29) is 10.7 Å². The molecule has 7 nitrogen and oxygen atoms in total. The van der Waals surface area contributed by atoms with Crippen LogP contribution in [0.3, 0.4) is 0 Å². The number of hydrazone groups is 1. The van der Waals surface area contributed by atoms with E-state index in [2.05, 4.69) is 10.1 Å². The predicted molar refractivity (Wildman–Crippen MR) is 110 cm³/mol. The molecule has 1 atom stereocenters. The van der Waals surface area contributed by atoms with E-state index >= 15 is 0 Å². The molecule has 0 aliphatic carbocycles. The fraction of sp³-hybridized carbons (Fsp3) is 0.143. The lowest BCUT2D eigenvalue weighted by atomic mass is 10.0. The number of benzene rings is 1. The van der Waals surface area contributed by atoms with Crippen LogP contribution in [0.4, 0.5) is 0 Å². The summed E-state index contributed by atoms with van der Waals surface area (Å²) < 4.78 is 10.6. The molecule has 2 aromatic heterocycles. The van der Waals surface area contributed by atoms with E-state index in [4.69, 9.17) is 32.4 Å². The van der Waals surface area contributed by atoms with Crippen molar-refractivity contribution in [3.63, 3.8) is 0 Å². The van der Waals surface area contributed by atoms with Crippen molar-refractivity contribution in [1.82, 2.24) is 9.99 Å². The zero-order chi connectivity index (χ0) is 21.1. The quantitative estimate of drug-likeness (QED) is 0.427. The van der Waals surface area contributed by atoms with Crippen molar-refractivity contribution in [3.8, 4) is 0 Å². The first-order valence-corrected chi connectivity index (χ1v) is 9.74. The Labute approximate surface area is 181 Å². The number of ether oxygens (including phenoxy) is 1. The number of aromatic nitrogens is 1. The summed E-state index contributed by atoms with van der Waals surface area (Å²) >= 11 is 11.7. The molecule has 0 saturated carbocycles. The van der Waals surface area contributed by atoms with Gasteiger partial charge >= 0.3 is 5.97 Å². The number of rotatable bonds is 5. The second-order valence-corrected chi connectivity index (χ2v) is 7.30. The van der Waals surface area contributed by atoms with Gasteiger partial charge in [0.25, 0.3) is 5.91 Å². The molecule has 0 bridgehead atoms. The standard InChI is InChI=1S/C21H15Cl2N3O4/c22-15-6-3-13(4-7-15)16-10-17(18-2-1-9-29-18)26(25-16)20(27)12-30-21(28)14-5-8-19(23)24-11-14/h1-9,11,17H,10,12H2/t17-/m0/s1. The molecule has 0 spiro atoms. The smallest absolute Gasteiger partial charge is 0.340 e. The Kier molecular flexibility index (Phi) is 5.83. The van der Waals surface area contributed by atoms with Crippen molar-refractivity contribution in [1.29, 1.82) is 0 Å². The topological polar surface area (TPSA) is 85.0 Å². The normalized spacial score (nSPS) is 15.7. The van der Waals surface area contributed by atoms with Gasteiger partial charge in [0, 0.05) is 17.6 Å². The van der Waals surface area contributed by atoms with Gasteiger partial charge in [-0.3, -0.25) is 4.79 Å². The van der Waals surface area contributed by atoms with Crippen LogP contribution in [0.1, 0.15) is 34.1 Å². The third-order valence-electron chi connectivity index (χ3n) is 4.50. The van der Waals surface area contributed by atoms with Crippen molar-refractivity contribution in [2.45, 2.75) is 12.5 Å². The van der Waals surface area contributed by atoms with E-state index in [0.717, 1.165) is 5.56 Å². The number of halogens is 2. The van der Waals surface area contributed by atoms with Gasteiger partial charge in [0.05, 0.1) is 17.5 Å². The zero-order valence-corrected chi connectivity index (χ0v) is 17.0. The van der Waals surface area contributed by atoms with Crippen molar-refractivity contribution < 1.29 is 18.7 Å². The molecule has 1 aliphatic heterocycles. The molecular weight excluding hydrogens is 429 g/mol. The van der Waals surface area contributed by atoms with Gasteiger partial charge in [0.15, 0.2) is 6.61 Å². The molecule has 30 heavy (non-hydrogen) atoms. The van der Waals surface area contributed by atoms with E-state index in [9.17, 15) is 9.59 Å². The second kappa shape index (κ2) is 8.69. The summed E-state index contributed by atoms with van der Waals surface area (Å²) in [6, 6.07) is 13.2. The third kappa shape index (κ3) is 4.37. The fourth-order valence-electron chi connectivity index (χ4n) is 3.03. The highest BCUT2D eigenvalue weighted by Crippen LogP contribution is 2.33. The summed E-state index contributed by atoms with van der Waals surface area (Å²) in [4.78, 5) is 28.8. The monoisotopic (exact) mass is 443 g/mol. The Morgan fingerprint density at radius 2 is 1.93 bits per heavy atom. The van der Waals surface area contributed by atoms with Crippen LogP contribution in [0, 0.1) is 0 Å². The number of pyridine rings is 1. The number of nitrogens with zero attached hydrogens (tertiary/aromatic N) is 3. The Morgan fingerprint density at radius 3 is 2.60 bits per heavy atom. The van der Waals surface area contributed by atoms with Crippen LogP contribution in [-0.4, -0.2) is 34.2 Å². The molecule has 0 radical (unpaired) electrons. The second-order valence-electron chi connectivity index (χ2n) is 6.47. The Hall–Kier alpha value is -3.16. The highest BCUT2D eigenvalue weighted by Gasteiger charge is 2.35. The molecule has 1 aliphatic rings. The van der Waals surface area contributed by atoms with Crippen LogP contribution >= 0.6 is 23.2 Å². The summed E-state index contributed by atoms with van der Waals surface area (Å²) in [6.45, 7) is -0.476. The van der Waals surface area contributed by atoms with Gasteiger partial charge in [-0.2, -0.15) is 5.10 Å². The molecular formula is C21H15Cl2N3O4. The number of furan rings is 1. The average molecular weight is 444 g/mol. The summed E-state index contributed by atoms with van der Waals surface area (Å²) in [6.07, 6.45) is 3.27. The van der Waals surface area contributed by atoms with Crippen molar-refractivity contribution in [2.75, 3.05) is 6.61 Å². The van der Waals surface area contributed by atoms with E-state index in [1.807, 2.05) is 12.1 Å². The first-order valence-electron chi connectivity index (χ1n) is 8.99. The van der Waals surface area contributed by atoms with Gasteiger partial charge < -0.3 is 9.15 Å². The molecule has 1 aromatic carbocycles. The fourth-order valence-corrected chi connectivity index (χ4v) is 3.27. The van der Waals surface area contributed by atoms with Crippen molar-refractivity contribution >= 4 is 40.8 Å². The number of hydrogen-bond donors (Lipinski definition) is 0. The first-order chi connectivity index (χ1) is 14.5. The minimum absolute atomic E-state index is 0.196. The van der Waals surface area contributed by atoms with Crippen LogP contribution in [0.5, 0.6) is 0 Å². The van der Waals surface area contributed by atoms with Crippen LogP contribution < -0.4 is 0 Å². The lowest BCUT2D eigenvalue weighted by Gasteiger charge is -2.19. The SMILES string of the molecule is O=C(OCC(=O)N1N=C(c2ccc(Cl)cc2)C[C@H]1c1ccco1)c1ccc(Cl)nc1. The summed E-state index contributed by atoms with van der Waals surface area (Å²) in [5, 5.41) is 6.61. The lowest BCUT2D eigenvalue weighted by molar-refractivity contribution is -0.136. The summed E-state index contributed by atoms with van der Waals surface area (Å²) in [7, 11) is 0. The molecule has 9 heteroatoms. The van der Waals surface area contributed by atoms with Crippen LogP contribution in [0.15, 0.2) is 70.5 Å². The molecule has 1 amide bonds. The maximum absolute atomic E-state index is 12.8. The lowest BCUT2D eigenvalue weighted by Crippen LogP contribution is -2.31. The minimum atomic E-state index is -0.678. The molecule has 0 N–H and O–H groups in total. The number of amides is 1. The molecule has 152 valence electrons. The minimum Gasteiger partial charge on any atom is -0.467 e. The van der Waals surface area contributed by atoms with E-state index < -0.39 is 24.5 Å². The van der Waals surface area contributed by atoms with Crippen molar-refractivity contribution in [2.24, 2.45) is 5.10 Å². The molecule has 3 heterocycles. The molecule has 0 saturated heterocycles. The number of carbonyl (C=O) groups is 2. The zero-order valence-electron chi connectivity index (χ0n) is 15.5. The van der Waals surface area contributed by atoms with Crippen molar-refractivity contribution in [3.05, 3.63) is 88.1 Å².